The molecule has 1 unspecified atom stereocenters. The molecule has 0 fully saturated rings. The van der Waals surface area contributed by atoms with E-state index in [0.717, 1.165) is 6.07 Å². The summed E-state index contributed by atoms with van der Waals surface area (Å²) < 4.78 is 45.7. The van der Waals surface area contributed by atoms with Crippen molar-refractivity contribution in [3.63, 3.8) is 0 Å². The number of halogens is 3. The average Bonchev–Trinajstić information content (AvgIpc) is 2.25. The van der Waals surface area contributed by atoms with Crippen molar-refractivity contribution in [3.05, 3.63) is 24.3 Å². The fourth-order valence-electron chi connectivity index (χ4n) is 1.17. The molecule has 0 aromatic heterocycles. The largest absolute Gasteiger partial charge is 0.573 e. The lowest BCUT2D eigenvalue weighted by molar-refractivity contribution is -0.275. The summed E-state index contributed by atoms with van der Waals surface area (Å²) in [5.74, 6) is -0.571. The molecule has 1 N–H and O–H groups in total. The quantitative estimate of drug-likeness (QED) is 0.897. The predicted molar refractivity (Wildman–Crippen MR) is 64.1 cm³/mol. The van der Waals surface area contributed by atoms with Gasteiger partial charge >= 0.3 is 6.36 Å². The molecule has 0 aliphatic carbocycles. The summed E-state index contributed by atoms with van der Waals surface area (Å²) in [6.45, 7) is 5.02. The van der Waals surface area contributed by atoms with E-state index in [4.69, 9.17) is 4.74 Å². The van der Waals surface area contributed by atoms with Gasteiger partial charge in [0.15, 0.2) is 11.5 Å². The topological polar surface area (TPSA) is 38.7 Å². The Labute approximate surface area is 110 Å². The highest BCUT2D eigenvalue weighted by Gasteiger charge is 2.33. The molecule has 6 heteroatoms. The third-order valence-electron chi connectivity index (χ3n) is 2.84. The maximum absolute atomic E-state index is 12.2. The van der Waals surface area contributed by atoms with Gasteiger partial charge in [0.2, 0.25) is 0 Å². The van der Waals surface area contributed by atoms with Crippen LogP contribution in [0.1, 0.15) is 20.8 Å². The average molecular weight is 278 g/mol. The van der Waals surface area contributed by atoms with E-state index >= 15 is 0 Å². The SMILES string of the molecule is CC(C)C(C)(O)COc1ccccc1OC(F)(F)F. The maximum atomic E-state index is 12.2. The summed E-state index contributed by atoms with van der Waals surface area (Å²) >= 11 is 0. The fraction of sp³-hybridized carbons (Fsp3) is 0.538. The Morgan fingerprint density at radius 1 is 1.16 bits per heavy atom. The highest BCUT2D eigenvalue weighted by molar-refractivity contribution is 5.39. The van der Waals surface area contributed by atoms with Crippen molar-refractivity contribution < 1.29 is 27.8 Å². The molecule has 0 saturated heterocycles. The zero-order valence-electron chi connectivity index (χ0n) is 11.0. The number of hydrogen-bond donors (Lipinski definition) is 1. The third-order valence-corrected chi connectivity index (χ3v) is 2.84. The van der Waals surface area contributed by atoms with Crippen LogP contribution in [0.15, 0.2) is 24.3 Å². The Morgan fingerprint density at radius 2 is 1.68 bits per heavy atom. The molecule has 0 heterocycles. The number of benzene rings is 1. The van der Waals surface area contributed by atoms with Gasteiger partial charge in [0.1, 0.15) is 6.61 Å². The summed E-state index contributed by atoms with van der Waals surface area (Å²) in [6, 6.07) is 5.46. The molecule has 108 valence electrons. The van der Waals surface area contributed by atoms with Crippen LogP contribution in [0.5, 0.6) is 11.5 Å². The Kier molecular flexibility index (Phi) is 4.68. The van der Waals surface area contributed by atoms with E-state index in [-0.39, 0.29) is 18.3 Å². The van der Waals surface area contributed by atoms with Gasteiger partial charge in [0.25, 0.3) is 0 Å². The smallest absolute Gasteiger partial charge is 0.487 e. The van der Waals surface area contributed by atoms with Crippen LogP contribution in [0.4, 0.5) is 13.2 Å². The lowest BCUT2D eigenvalue weighted by Gasteiger charge is -2.27. The van der Waals surface area contributed by atoms with Crippen molar-refractivity contribution in [3.8, 4) is 11.5 Å². The first-order chi connectivity index (χ1) is 8.62. The minimum atomic E-state index is -4.78. The second-order valence-electron chi connectivity index (χ2n) is 4.80. The second kappa shape index (κ2) is 5.69. The van der Waals surface area contributed by atoms with Crippen molar-refractivity contribution in [2.75, 3.05) is 6.61 Å². The number of para-hydroxylation sites is 2. The van der Waals surface area contributed by atoms with E-state index < -0.39 is 17.7 Å². The fourth-order valence-corrected chi connectivity index (χ4v) is 1.17. The Balaban J connectivity index is 2.79. The highest BCUT2D eigenvalue weighted by Crippen LogP contribution is 2.32. The van der Waals surface area contributed by atoms with Gasteiger partial charge in [0.05, 0.1) is 5.60 Å². The molecular formula is C13H17F3O3. The van der Waals surface area contributed by atoms with E-state index in [2.05, 4.69) is 4.74 Å². The first kappa shape index (κ1) is 15.6. The molecule has 1 atom stereocenters. The molecule has 0 aliphatic rings. The van der Waals surface area contributed by atoms with Gasteiger partial charge in [-0.05, 0) is 25.0 Å². The summed E-state index contributed by atoms with van der Waals surface area (Å²) in [4.78, 5) is 0. The van der Waals surface area contributed by atoms with Crippen LogP contribution < -0.4 is 9.47 Å². The van der Waals surface area contributed by atoms with E-state index in [0.29, 0.717) is 0 Å². The van der Waals surface area contributed by atoms with Gasteiger partial charge in [-0.1, -0.05) is 26.0 Å². The van der Waals surface area contributed by atoms with Crippen molar-refractivity contribution in [2.24, 2.45) is 5.92 Å². The van der Waals surface area contributed by atoms with Crippen molar-refractivity contribution in [1.29, 1.82) is 0 Å². The van der Waals surface area contributed by atoms with Crippen LogP contribution in [0, 0.1) is 5.92 Å². The van der Waals surface area contributed by atoms with E-state index in [1.807, 2.05) is 0 Å². The summed E-state index contributed by atoms with van der Waals surface area (Å²) in [6.07, 6.45) is -4.78. The number of ether oxygens (including phenoxy) is 2. The minimum Gasteiger partial charge on any atom is -0.487 e. The summed E-state index contributed by atoms with van der Waals surface area (Å²) in [5, 5.41) is 9.99. The number of aliphatic hydroxyl groups is 1. The van der Waals surface area contributed by atoms with Crippen LogP contribution in [-0.2, 0) is 0 Å². The van der Waals surface area contributed by atoms with Gasteiger partial charge in [-0.2, -0.15) is 0 Å². The van der Waals surface area contributed by atoms with Crippen molar-refractivity contribution in [1.82, 2.24) is 0 Å². The van der Waals surface area contributed by atoms with Gasteiger partial charge in [-0.25, -0.2) is 0 Å². The zero-order chi connectivity index (χ0) is 14.7. The van der Waals surface area contributed by atoms with Gasteiger partial charge in [-0.15, -0.1) is 13.2 Å². The van der Waals surface area contributed by atoms with Crippen LogP contribution >= 0.6 is 0 Å². The number of alkyl halides is 3. The predicted octanol–water partition coefficient (Wildman–Crippen LogP) is 3.37. The molecule has 1 aromatic carbocycles. The Morgan fingerprint density at radius 3 is 2.16 bits per heavy atom. The maximum Gasteiger partial charge on any atom is 0.573 e. The molecule has 0 radical (unpaired) electrons. The first-order valence-electron chi connectivity index (χ1n) is 5.82. The minimum absolute atomic E-state index is 0.0549. The monoisotopic (exact) mass is 278 g/mol. The Hall–Kier alpha value is -1.43. The molecule has 0 bridgehead atoms. The van der Waals surface area contributed by atoms with Crippen LogP contribution in [0.3, 0.4) is 0 Å². The van der Waals surface area contributed by atoms with E-state index in [9.17, 15) is 18.3 Å². The lowest BCUT2D eigenvalue weighted by Crippen LogP contribution is -2.37. The molecule has 19 heavy (non-hydrogen) atoms. The zero-order valence-corrected chi connectivity index (χ0v) is 11.0. The molecular weight excluding hydrogens is 261 g/mol. The van der Waals surface area contributed by atoms with Crippen LogP contribution in [-0.4, -0.2) is 23.7 Å². The molecule has 0 aliphatic heterocycles. The molecule has 1 rings (SSSR count). The molecule has 3 nitrogen and oxygen atoms in total. The van der Waals surface area contributed by atoms with Crippen LogP contribution in [0.25, 0.3) is 0 Å². The number of hydrogen-bond acceptors (Lipinski definition) is 3. The van der Waals surface area contributed by atoms with Gasteiger partial charge in [0, 0.05) is 0 Å². The van der Waals surface area contributed by atoms with Gasteiger partial charge < -0.3 is 14.6 Å². The summed E-state index contributed by atoms with van der Waals surface area (Å²) in [5.41, 5.74) is -1.13. The molecule has 0 saturated carbocycles. The number of rotatable bonds is 5. The van der Waals surface area contributed by atoms with Crippen molar-refractivity contribution >= 4 is 0 Å². The lowest BCUT2D eigenvalue weighted by atomic mass is 9.94. The standard InChI is InChI=1S/C13H17F3O3/c1-9(2)12(3,17)8-18-10-6-4-5-7-11(10)19-13(14,15)16/h4-7,9,17H,8H2,1-3H3. The van der Waals surface area contributed by atoms with Gasteiger partial charge in [-0.3, -0.25) is 0 Å². The molecule has 1 aromatic rings. The van der Waals surface area contributed by atoms with E-state index in [1.165, 1.54) is 18.2 Å². The highest BCUT2D eigenvalue weighted by atomic mass is 19.4. The van der Waals surface area contributed by atoms with E-state index in [1.54, 1.807) is 20.8 Å². The molecule has 0 spiro atoms. The first-order valence-corrected chi connectivity index (χ1v) is 5.82. The molecule has 0 amide bonds. The Bertz CT molecular complexity index is 414. The van der Waals surface area contributed by atoms with Crippen molar-refractivity contribution in [2.45, 2.75) is 32.7 Å². The summed E-state index contributed by atoms with van der Waals surface area (Å²) in [7, 11) is 0. The van der Waals surface area contributed by atoms with Crippen LogP contribution in [0.2, 0.25) is 0 Å². The normalized spacial score (nSPS) is 15.2. The second-order valence-corrected chi connectivity index (χ2v) is 4.80. The third kappa shape index (κ3) is 4.98.